The number of hydrogen-bond acceptors (Lipinski definition) is 4. The molecule has 0 saturated carbocycles. The van der Waals surface area contributed by atoms with Gasteiger partial charge in [0, 0.05) is 17.1 Å². The van der Waals surface area contributed by atoms with E-state index in [9.17, 15) is 0 Å². The molecule has 0 spiro atoms. The van der Waals surface area contributed by atoms with Gasteiger partial charge in [-0.25, -0.2) is 4.98 Å². The fourth-order valence-corrected chi connectivity index (χ4v) is 4.86. The lowest BCUT2D eigenvalue weighted by Gasteiger charge is -2.11. The first-order valence-corrected chi connectivity index (χ1v) is 8.34. The highest BCUT2D eigenvalue weighted by Gasteiger charge is 2.22. The molecule has 0 unspecified atom stereocenters. The van der Waals surface area contributed by atoms with Crippen LogP contribution in [0.15, 0.2) is 17.5 Å². The number of aromatic nitrogens is 2. The Morgan fingerprint density at radius 3 is 3.00 bits per heavy atom. The fraction of sp³-hybridized carbons (Fsp3) is 0.357. The second kappa shape index (κ2) is 4.44. The Balaban J connectivity index is 2.00. The van der Waals surface area contributed by atoms with Gasteiger partial charge < -0.3 is 5.73 Å². The third-order valence-corrected chi connectivity index (χ3v) is 5.78. The van der Waals surface area contributed by atoms with Crippen molar-refractivity contribution in [2.45, 2.75) is 32.2 Å². The van der Waals surface area contributed by atoms with E-state index >= 15 is 0 Å². The van der Waals surface area contributed by atoms with E-state index in [0.29, 0.717) is 6.54 Å². The van der Waals surface area contributed by atoms with Crippen LogP contribution in [0.4, 0.5) is 0 Å². The monoisotopic (exact) mass is 289 g/mol. The normalized spacial score (nSPS) is 15.0. The summed E-state index contributed by atoms with van der Waals surface area (Å²) >= 11 is 3.58. The van der Waals surface area contributed by atoms with Crippen LogP contribution in [0.3, 0.4) is 0 Å². The van der Waals surface area contributed by atoms with Crippen molar-refractivity contribution in [2.75, 3.05) is 0 Å². The van der Waals surface area contributed by atoms with Gasteiger partial charge in [0.05, 0.1) is 10.6 Å². The zero-order valence-electron chi connectivity index (χ0n) is 10.6. The number of thiazole rings is 1. The molecular formula is C14H15N3S2. The van der Waals surface area contributed by atoms with E-state index in [0.717, 1.165) is 10.7 Å². The molecule has 3 aromatic heterocycles. The van der Waals surface area contributed by atoms with Crippen molar-refractivity contribution in [1.82, 2.24) is 9.38 Å². The van der Waals surface area contributed by atoms with E-state index in [1.807, 2.05) is 11.3 Å². The minimum absolute atomic E-state index is 0.553. The predicted octanol–water partition coefficient (Wildman–Crippen LogP) is 3.46. The van der Waals surface area contributed by atoms with Crippen LogP contribution in [0.5, 0.6) is 0 Å². The number of aryl methyl sites for hydroxylation is 2. The van der Waals surface area contributed by atoms with Gasteiger partial charge in [0.25, 0.3) is 0 Å². The van der Waals surface area contributed by atoms with Crippen LogP contribution in [-0.2, 0) is 19.4 Å². The molecular weight excluding hydrogens is 274 g/mol. The molecule has 1 aliphatic rings. The number of nitrogens with two attached hydrogens (primary N) is 1. The Hall–Kier alpha value is -1.17. The van der Waals surface area contributed by atoms with Crippen LogP contribution in [0.25, 0.3) is 15.5 Å². The van der Waals surface area contributed by atoms with Gasteiger partial charge >= 0.3 is 0 Å². The molecule has 0 atom stereocenters. The summed E-state index contributed by atoms with van der Waals surface area (Å²) in [5.74, 6) is 0. The summed E-state index contributed by atoms with van der Waals surface area (Å²) in [6.45, 7) is 0.553. The highest BCUT2D eigenvalue weighted by molar-refractivity contribution is 7.17. The summed E-state index contributed by atoms with van der Waals surface area (Å²) < 4.78 is 2.33. The van der Waals surface area contributed by atoms with Crippen molar-refractivity contribution < 1.29 is 0 Å². The van der Waals surface area contributed by atoms with E-state index in [2.05, 4.69) is 21.9 Å². The first-order chi connectivity index (χ1) is 9.38. The molecule has 0 saturated heterocycles. The van der Waals surface area contributed by atoms with Crippen molar-refractivity contribution in [3.05, 3.63) is 33.8 Å². The molecule has 98 valence electrons. The highest BCUT2D eigenvalue weighted by atomic mass is 32.1. The van der Waals surface area contributed by atoms with Crippen LogP contribution in [0, 0.1) is 0 Å². The number of rotatable bonds is 2. The molecule has 0 bridgehead atoms. The molecule has 19 heavy (non-hydrogen) atoms. The fourth-order valence-electron chi connectivity index (χ4n) is 2.90. The molecule has 1 aliphatic carbocycles. The summed E-state index contributed by atoms with van der Waals surface area (Å²) in [5, 5.41) is 2.10. The SMILES string of the molecule is NCc1c(-c2cccs2)nc2sc3c(n12)CCCC3. The number of thiophene rings is 1. The lowest BCUT2D eigenvalue weighted by Crippen LogP contribution is -2.08. The van der Waals surface area contributed by atoms with Gasteiger partial charge in [-0.3, -0.25) is 4.40 Å². The standard InChI is InChI=1S/C14H15N3S2/c15-8-10-13(12-6-3-7-18-12)16-14-17(10)9-4-1-2-5-11(9)19-14/h3,6-7H,1-2,4-5,8,15H2. The minimum atomic E-state index is 0.553. The zero-order chi connectivity index (χ0) is 12.8. The van der Waals surface area contributed by atoms with Crippen LogP contribution in [0.1, 0.15) is 29.1 Å². The molecule has 2 N–H and O–H groups in total. The van der Waals surface area contributed by atoms with Crippen LogP contribution in [-0.4, -0.2) is 9.38 Å². The molecule has 0 fully saturated rings. The third kappa shape index (κ3) is 1.69. The second-order valence-electron chi connectivity index (χ2n) is 4.89. The Morgan fingerprint density at radius 2 is 2.21 bits per heavy atom. The summed E-state index contributed by atoms with van der Waals surface area (Å²) in [5.41, 5.74) is 9.73. The third-order valence-electron chi connectivity index (χ3n) is 3.76. The molecule has 5 heteroatoms. The molecule has 0 amide bonds. The molecule has 0 aliphatic heterocycles. The smallest absolute Gasteiger partial charge is 0.195 e. The molecule has 0 radical (unpaired) electrons. The van der Waals surface area contributed by atoms with Crippen LogP contribution >= 0.6 is 22.7 Å². The number of nitrogens with zero attached hydrogens (tertiary/aromatic N) is 2. The van der Waals surface area contributed by atoms with Gasteiger partial charge in [-0.05, 0) is 37.1 Å². The number of hydrogen-bond donors (Lipinski definition) is 1. The Labute approximate surface area is 119 Å². The quantitative estimate of drug-likeness (QED) is 0.785. The lowest BCUT2D eigenvalue weighted by atomic mass is 10.0. The minimum Gasteiger partial charge on any atom is -0.325 e. The van der Waals surface area contributed by atoms with E-state index in [1.54, 1.807) is 11.3 Å². The van der Waals surface area contributed by atoms with E-state index < -0.39 is 0 Å². The average Bonchev–Trinajstić information content (AvgIpc) is 3.12. The largest absolute Gasteiger partial charge is 0.325 e. The van der Waals surface area contributed by atoms with Crippen LogP contribution in [0.2, 0.25) is 0 Å². The molecule has 3 heterocycles. The first-order valence-electron chi connectivity index (χ1n) is 6.64. The van der Waals surface area contributed by atoms with Crippen molar-refractivity contribution in [2.24, 2.45) is 5.73 Å². The second-order valence-corrected chi connectivity index (χ2v) is 6.90. The predicted molar refractivity (Wildman–Crippen MR) is 80.9 cm³/mol. The first kappa shape index (κ1) is 11.6. The maximum Gasteiger partial charge on any atom is 0.195 e. The van der Waals surface area contributed by atoms with Crippen molar-refractivity contribution in [3.63, 3.8) is 0 Å². The Morgan fingerprint density at radius 1 is 1.32 bits per heavy atom. The van der Waals surface area contributed by atoms with Gasteiger partial charge in [-0.1, -0.05) is 6.07 Å². The molecule has 4 rings (SSSR count). The lowest BCUT2D eigenvalue weighted by molar-refractivity contribution is 0.670. The number of imidazole rings is 1. The van der Waals surface area contributed by atoms with E-state index in [1.165, 1.54) is 46.8 Å². The van der Waals surface area contributed by atoms with Gasteiger partial charge in [0.1, 0.15) is 5.69 Å². The molecule has 3 aromatic rings. The zero-order valence-corrected chi connectivity index (χ0v) is 12.2. The maximum absolute atomic E-state index is 6.01. The summed E-state index contributed by atoms with van der Waals surface area (Å²) in [7, 11) is 0. The Bertz CT molecular complexity index is 722. The summed E-state index contributed by atoms with van der Waals surface area (Å²) in [6.07, 6.45) is 4.98. The van der Waals surface area contributed by atoms with Gasteiger partial charge in [0.15, 0.2) is 4.96 Å². The van der Waals surface area contributed by atoms with Crippen molar-refractivity contribution >= 4 is 27.6 Å². The highest BCUT2D eigenvalue weighted by Crippen LogP contribution is 2.35. The topological polar surface area (TPSA) is 43.3 Å². The van der Waals surface area contributed by atoms with Crippen molar-refractivity contribution in [1.29, 1.82) is 0 Å². The summed E-state index contributed by atoms with van der Waals surface area (Å²) in [6, 6.07) is 4.20. The Kier molecular flexibility index (Phi) is 2.72. The van der Waals surface area contributed by atoms with Gasteiger partial charge in [-0.15, -0.1) is 22.7 Å². The number of fused-ring (bicyclic) bond motifs is 3. The summed E-state index contributed by atoms with van der Waals surface area (Å²) in [4.78, 5) is 8.70. The average molecular weight is 289 g/mol. The van der Waals surface area contributed by atoms with Crippen molar-refractivity contribution in [3.8, 4) is 10.6 Å². The molecule has 3 nitrogen and oxygen atoms in total. The van der Waals surface area contributed by atoms with E-state index in [-0.39, 0.29) is 0 Å². The van der Waals surface area contributed by atoms with Crippen LogP contribution < -0.4 is 5.73 Å². The molecule has 0 aromatic carbocycles. The van der Waals surface area contributed by atoms with E-state index in [4.69, 9.17) is 10.7 Å². The van der Waals surface area contributed by atoms with Gasteiger partial charge in [0.2, 0.25) is 0 Å². The maximum atomic E-state index is 6.01. The van der Waals surface area contributed by atoms with Gasteiger partial charge in [-0.2, -0.15) is 0 Å².